The van der Waals surface area contributed by atoms with Gasteiger partial charge < -0.3 is 9.80 Å². The van der Waals surface area contributed by atoms with Gasteiger partial charge in [0.05, 0.1) is 0 Å². The Morgan fingerprint density at radius 2 is 0.964 bits per heavy atom. The van der Waals surface area contributed by atoms with Crippen molar-refractivity contribution in [3.8, 4) is 0 Å². The van der Waals surface area contributed by atoms with E-state index < -0.39 is 0 Å². The highest BCUT2D eigenvalue weighted by molar-refractivity contribution is 6.30. The highest BCUT2D eigenvalue weighted by atomic mass is 35.5. The molecule has 2 aromatic rings. The number of nitrogens with zero attached hydrogens (tertiary/aromatic N) is 6. The zero-order valence-electron chi connectivity index (χ0n) is 16.7. The first-order valence-corrected chi connectivity index (χ1v) is 11.2. The third kappa shape index (κ3) is 3.99. The molecular weight excluding hydrogens is 395 g/mol. The summed E-state index contributed by atoms with van der Waals surface area (Å²) in [6.45, 7) is 0. The molecular formula is C20H28Cl2N6. The predicted molar refractivity (Wildman–Crippen MR) is 116 cm³/mol. The predicted octanol–water partition coefficient (Wildman–Crippen LogP) is 5.26. The van der Waals surface area contributed by atoms with E-state index in [9.17, 15) is 0 Å². The number of hydrogen-bond donors (Lipinski definition) is 0. The maximum absolute atomic E-state index is 6.35. The molecule has 2 aliphatic carbocycles. The second-order valence-corrected chi connectivity index (χ2v) is 8.81. The molecule has 0 radical (unpaired) electrons. The number of fused-ring (bicyclic) bond motifs is 1. The molecule has 28 heavy (non-hydrogen) atoms. The first-order valence-electron chi connectivity index (χ1n) is 10.4. The van der Waals surface area contributed by atoms with Gasteiger partial charge in [0, 0.05) is 26.2 Å². The van der Waals surface area contributed by atoms with Crippen LogP contribution in [0.15, 0.2) is 0 Å². The molecule has 0 unspecified atom stereocenters. The van der Waals surface area contributed by atoms with Crippen LogP contribution in [0.25, 0.3) is 11.0 Å². The van der Waals surface area contributed by atoms with Crippen LogP contribution in [0.1, 0.15) is 64.2 Å². The summed E-state index contributed by atoms with van der Waals surface area (Å²) < 4.78 is 0. The summed E-state index contributed by atoms with van der Waals surface area (Å²) in [5.74, 6) is 1.51. The van der Waals surface area contributed by atoms with Gasteiger partial charge in [-0.25, -0.2) is 9.97 Å². The Labute approximate surface area is 176 Å². The topological polar surface area (TPSA) is 58.0 Å². The molecule has 6 nitrogen and oxygen atoms in total. The molecule has 0 atom stereocenters. The molecule has 2 aliphatic rings. The summed E-state index contributed by atoms with van der Waals surface area (Å²) in [4.78, 5) is 22.6. The maximum atomic E-state index is 6.35. The van der Waals surface area contributed by atoms with Crippen LogP contribution in [0, 0.1) is 0 Å². The zero-order chi connectivity index (χ0) is 19.7. The molecule has 152 valence electrons. The summed E-state index contributed by atoms with van der Waals surface area (Å²) in [7, 11) is 4.16. The van der Waals surface area contributed by atoms with Crippen molar-refractivity contribution < 1.29 is 0 Å². The summed E-state index contributed by atoms with van der Waals surface area (Å²) >= 11 is 12.7. The van der Waals surface area contributed by atoms with E-state index in [1.165, 1.54) is 38.5 Å². The van der Waals surface area contributed by atoms with Crippen molar-refractivity contribution in [1.29, 1.82) is 0 Å². The molecule has 2 aromatic heterocycles. The number of rotatable bonds is 4. The van der Waals surface area contributed by atoms with Gasteiger partial charge in [-0.3, -0.25) is 0 Å². The fourth-order valence-corrected chi connectivity index (χ4v) is 5.04. The normalized spacial score (nSPS) is 19.1. The Morgan fingerprint density at radius 3 is 1.32 bits per heavy atom. The molecule has 0 amide bonds. The largest absolute Gasteiger partial charge is 0.355 e. The highest BCUT2D eigenvalue weighted by Crippen LogP contribution is 2.35. The molecule has 8 heteroatoms. The lowest BCUT2D eigenvalue weighted by molar-refractivity contribution is 0.425. The van der Waals surface area contributed by atoms with E-state index in [1.807, 2.05) is 0 Å². The molecule has 0 spiro atoms. The minimum Gasteiger partial charge on any atom is -0.355 e. The molecule has 0 bridgehead atoms. The third-order valence-corrected chi connectivity index (χ3v) is 6.70. The van der Waals surface area contributed by atoms with Gasteiger partial charge in [0.2, 0.25) is 10.6 Å². The summed E-state index contributed by atoms with van der Waals surface area (Å²) in [5.41, 5.74) is 1.38. The van der Waals surface area contributed by atoms with Crippen molar-refractivity contribution in [3.63, 3.8) is 0 Å². The van der Waals surface area contributed by atoms with E-state index in [2.05, 4.69) is 43.8 Å². The smallest absolute Gasteiger partial charge is 0.225 e. The lowest BCUT2D eigenvalue weighted by Crippen LogP contribution is -2.35. The van der Waals surface area contributed by atoms with E-state index in [1.54, 1.807) is 0 Å². The van der Waals surface area contributed by atoms with Crippen LogP contribution in [0.2, 0.25) is 10.6 Å². The van der Waals surface area contributed by atoms with E-state index >= 15 is 0 Å². The van der Waals surface area contributed by atoms with Gasteiger partial charge >= 0.3 is 0 Å². The van der Waals surface area contributed by atoms with Gasteiger partial charge in [-0.1, -0.05) is 38.5 Å². The van der Waals surface area contributed by atoms with E-state index in [-0.39, 0.29) is 10.6 Å². The first-order chi connectivity index (χ1) is 13.5. The fraction of sp³-hybridized carbons (Fsp3) is 0.700. The van der Waals surface area contributed by atoms with Crippen LogP contribution in [0.3, 0.4) is 0 Å². The van der Waals surface area contributed by atoms with Crippen molar-refractivity contribution in [2.75, 3.05) is 23.9 Å². The third-order valence-electron chi connectivity index (χ3n) is 6.37. The second-order valence-electron chi connectivity index (χ2n) is 8.14. The van der Waals surface area contributed by atoms with Gasteiger partial charge in [-0.05, 0) is 48.9 Å². The second kappa shape index (κ2) is 8.54. The molecule has 4 rings (SSSR count). The molecule has 2 saturated carbocycles. The fourth-order valence-electron chi connectivity index (χ4n) is 4.71. The number of hydrogen-bond acceptors (Lipinski definition) is 6. The van der Waals surface area contributed by atoms with Crippen LogP contribution in [0.4, 0.5) is 11.6 Å². The molecule has 0 aliphatic heterocycles. The van der Waals surface area contributed by atoms with Crippen LogP contribution >= 0.6 is 23.2 Å². The summed E-state index contributed by atoms with van der Waals surface area (Å²) in [6, 6.07) is 0.882. The van der Waals surface area contributed by atoms with Crippen LogP contribution in [0.5, 0.6) is 0 Å². The highest BCUT2D eigenvalue weighted by Gasteiger charge is 2.27. The summed E-state index contributed by atoms with van der Waals surface area (Å²) in [6.07, 6.45) is 12.2. The van der Waals surface area contributed by atoms with Gasteiger partial charge in [0.15, 0.2) is 11.6 Å². The SMILES string of the molecule is CN(c1nc(Cl)nc2c(N(C)C3CCCCC3)nc(Cl)nc12)C1CCCCC1. The monoisotopic (exact) mass is 422 g/mol. The van der Waals surface area contributed by atoms with E-state index in [0.717, 1.165) is 37.3 Å². The maximum Gasteiger partial charge on any atom is 0.225 e. The Hall–Kier alpha value is -1.40. The Bertz CT molecular complexity index is 764. The Balaban J connectivity index is 1.78. The van der Waals surface area contributed by atoms with Gasteiger partial charge in [0.25, 0.3) is 0 Å². The van der Waals surface area contributed by atoms with Crippen LogP contribution in [-0.2, 0) is 0 Å². The van der Waals surface area contributed by atoms with Crippen molar-refractivity contribution in [2.24, 2.45) is 0 Å². The quantitative estimate of drug-likeness (QED) is 0.625. The minimum atomic E-state index is 0.231. The lowest BCUT2D eigenvalue weighted by Gasteiger charge is -2.34. The number of halogens is 2. The lowest BCUT2D eigenvalue weighted by atomic mass is 9.94. The molecule has 0 aromatic carbocycles. The average molecular weight is 423 g/mol. The zero-order valence-corrected chi connectivity index (χ0v) is 18.2. The minimum absolute atomic E-state index is 0.231. The summed E-state index contributed by atoms with van der Waals surface area (Å²) in [5, 5.41) is 0.462. The standard InChI is InChI=1S/C20H28Cl2N6/c1-27(13-9-5-3-6-10-13)17-15-16(24-19(21)25-17)18(26-20(22)23-15)28(2)14-11-7-4-8-12-14/h13-14H,3-12H2,1-2H3. The molecule has 0 saturated heterocycles. The first kappa shape index (κ1) is 19.9. The molecule has 0 N–H and O–H groups in total. The molecule has 2 fully saturated rings. The van der Waals surface area contributed by atoms with Crippen molar-refractivity contribution in [3.05, 3.63) is 10.6 Å². The van der Waals surface area contributed by atoms with Gasteiger partial charge in [-0.15, -0.1) is 0 Å². The van der Waals surface area contributed by atoms with Gasteiger partial charge in [-0.2, -0.15) is 9.97 Å². The van der Waals surface area contributed by atoms with Gasteiger partial charge in [0.1, 0.15) is 11.0 Å². The van der Waals surface area contributed by atoms with Crippen LogP contribution < -0.4 is 9.80 Å². The van der Waals surface area contributed by atoms with Crippen molar-refractivity contribution in [1.82, 2.24) is 19.9 Å². The van der Waals surface area contributed by atoms with E-state index in [0.29, 0.717) is 23.1 Å². The molecule has 2 heterocycles. The van der Waals surface area contributed by atoms with E-state index in [4.69, 9.17) is 23.2 Å². The van der Waals surface area contributed by atoms with Crippen molar-refractivity contribution in [2.45, 2.75) is 76.3 Å². The van der Waals surface area contributed by atoms with Crippen LogP contribution in [-0.4, -0.2) is 46.1 Å². The Kier molecular flexibility index (Phi) is 6.07. The number of anilines is 2. The average Bonchev–Trinajstić information content (AvgIpc) is 2.73. The van der Waals surface area contributed by atoms with Crippen molar-refractivity contribution >= 4 is 45.9 Å². The Morgan fingerprint density at radius 1 is 0.607 bits per heavy atom. The number of aromatic nitrogens is 4.